The Morgan fingerprint density at radius 1 is 0.893 bits per heavy atom. The lowest BCUT2D eigenvalue weighted by Gasteiger charge is -2.10. The van der Waals surface area contributed by atoms with Gasteiger partial charge in [0.1, 0.15) is 6.33 Å². The van der Waals surface area contributed by atoms with Crippen molar-refractivity contribution in [2.75, 3.05) is 0 Å². The van der Waals surface area contributed by atoms with E-state index in [0.717, 1.165) is 35.1 Å². The van der Waals surface area contributed by atoms with Crippen molar-refractivity contribution in [1.29, 1.82) is 0 Å². The third-order valence-electron chi connectivity index (χ3n) is 4.78. The highest BCUT2D eigenvalue weighted by molar-refractivity contribution is 7.98. The van der Waals surface area contributed by atoms with Crippen LogP contribution in [0.2, 0.25) is 0 Å². The lowest BCUT2D eigenvalue weighted by molar-refractivity contribution is 0.637. The Labute approximate surface area is 171 Å². The Balaban J connectivity index is 1.41. The molecule has 28 heavy (non-hydrogen) atoms. The summed E-state index contributed by atoms with van der Waals surface area (Å²) in [6.45, 7) is 0.891. The largest absolute Gasteiger partial charge is 0.308 e. The van der Waals surface area contributed by atoms with Crippen molar-refractivity contribution in [2.45, 2.75) is 23.9 Å². The first-order valence-electron chi connectivity index (χ1n) is 9.18. The Kier molecular flexibility index (Phi) is 4.81. The van der Waals surface area contributed by atoms with Gasteiger partial charge in [-0.3, -0.25) is 4.98 Å². The molecule has 0 spiro atoms. The van der Waals surface area contributed by atoms with Crippen LogP contribution < -0.4 is 0 Å². The van der Waals surface area contributed by atoms with Gasteiger partial charge in [-0.1, -0.05) is 60.3 Å². The summed E-state index contributed by atoms with van der Waals surface area (Å²) in [5.41, 5.74) is 2.13. The van der Waals surface area contributed by atoms with Gasteiger partial charge in [0.2, 0.25) is 0 Å². The van der Waals surface area contributed by atoms with Gasteiger partial charge in [-0.05, 0) is 29.3 Å². The topological polar surface area (TPSA) is 43.6 Å². The number of rotatable bonds is 6. The molecule has 0 aliphatic heterocycles. The van der Waals surface area contributed by atoms with E-state index in [9.17, 15) is 0 Å². The van der Waals surface area contributed by atoms with Gasteiger partial charge >= 0.3 is 0 Å². The molecule has 138 valence electrons. The molecular formula is C22H18N4S2. The van der Waals surface area contributed by atoms with Crippen molar-refractivity contribution < 1.29 is 0 Å². The number of nitrogens with zero attached hydrogens (tertiary/aromatic N) is 4. The Bertz CT molecular complexity index is 1230. The van der Waals surface area contributed by atoms with Gasteiger partial charge in [-0.2, -0.15) is 0 Å². The van der Waals surface area contributed by atoms with Crippen LogP contribution >= 0.6 is 23.1 Å². The second-order valence-electron chi connectivity index (χ2n) is 6.55. The molecule has 0 aliphatic carbocycles. The third-order valence-corrected chi connectivity index (χ3v) is 6.71. The van der Waals surface area contributed by atoms with Crippen molar-refractivity contribution in [1.82, 2.24) is 19.7 Å². The quantitative estimate of drug-likeness (QED) is 0.275. The van der Waals surface area contributed by atoms with Crippen LogP contribution in [0.5, 0.6) is 0 Å². The minimum atomic E-state index is 0.767. The van der Waals surface area contributed by atoms with Gasteiger partial charge < -0.3 is 4.57 Å². The number of thioether (sulfide) groups is 1. The van der Waals surface area contributed by atoms with Crippen molar-refractivity contribution in [3.63, 3.8) is 0 Å². The predicted octanol–water partition coefficient (Wildman–Crippen LogP) is 5.58. The van der Waals surface area contributed by atoms with Gasteiger partial charge in [0.05, 0.1) is 11.2 Å². The minimum absolute atomic E-state index is 0.767. The molecule has 2 aromatic carbocycles. The number of fused-ring (bicyclic) bond motifs is 3. The number of hydrogen-bond acceptors (Lipinski definition) is 5. The van der Waals surface area contributed by atoms with E-state index < -0.39 is 0 Å². The van der Waals surface area contributed by atoms with E-state index in [1.54, 1.807) is 23.1 Å². The molecule has 0 unspecified atom stereocenters. The second-order valence-corrected chi connectivity index (χ2v) is 8.52. The molecule has 0 saturated carbocycles. The summed E-state index contributed by atoms with van der Waals surface area (Å²) >= 11 is 3.49. The molecule has 6 heteroatoms. The summed E-state index contributed by atoms with van der Waals surface area (Å²) in [7, 11) is 0. The molecule has 0 saturated heterocycles. The zero-order valence-corrected chi connectivity index (χ0v) is 16.8. The maximum Gasteiger partial charge on any atom is 0.191 e. The number of benzene rings is 2. The lowest BCUT2D eigenvalue weighted by Crippen LogP contribution is -2.01. The predicted molar refractivity (Wildman–Crippen MR) is 117 cm³/mol. The van der Waals surface area contributed by atoms with Crippen molar-refractivity contribution >= 4 is 44.8 Å². The van der Waals surface area contributed by atoms with Crippen molar-refractivity contribution in [2.24, 2.45) is 0 Å². The molecule has 0 fully saturated rings. The van der Waals surface area contributed by atoms with Gasteiger partial charge in [-0.25, -0.2) is 0 Å². The first-order valence-corrected chi connectivity index (χ1v) is 11.0. The molecule has 3 aromatic heterocycles. The number of aryl methyl sites for hydroxylation is 2. The summed E-state index contributed by atoms with van der Waals surface area (Å²) in [6.07, 6.45) is 2.82. The van der Waals surface area contributed by atoms with E-state index in [2.05, 4.69) is 74.7 Å². The number of hydrogen-bond donors (Lipinski definition) is 0. The van der Waals surface area contributed by atoms with E-state index >= 15 is 0 Å². The van der Waals surface area contributed by atoms with E-state index in [1.165, 1.54) is 21.0 Å². The highest BCUT2D eigenvalue weighted by Crippen LogP contribution is 2.30. The van der Waals surface area contributed by atoms with Crippen molar-refractivity contribution in [3.8, 4) is 0 Å². The average molecular weight is 403 g/mol. The van der Waals surface area contributed by atoms with Crippen LogP contribution in [-0.2, 0) is 18.7 Å². The Morgan fingerprint density at radius 3 is 2.57 bits per heavy atom. The second kappa shape index (κ2) is 7.73. The van der Waals surface area contributed by atoms with E-state index in [-0.39, 0.29) is 0 Å². The van der Waals surface area contributed by atoms with Crippen LogP contribution in [0.15, 0.2) is 77.5 Å². The third kappa shape index (κ3) is 3.41. The van der Waals surface area contributed by atoms with Crippen LogP contribution in [0.25, 0.3) is 21.7 Å². The number of aromatic nitrogens is 4. The van der Waals surface area contributed by atoms with Crippen LogP contribution in [0.4, 0.5) is 0 Å². The van der Waals surface area contributed by atoms with E-state index in [0.29, 0.717) is 0 Å². The summed E-state index contributed by atoms with van der Waals surface area (Å²) in [4.78, 5) is 6.32. The fraction of sp³-hybridized carbons (Fsp3) is 0.136. The van der Waals surface area contributed by atoms with Gasteiger partial charge in [0.15, 0.2) is 5.16 Å². The van der Waals surface area contributed by atoms with Crippen LogP contribution in [0.1, 0.15) is 10.6 Å². The summed E-state index contributed by atoms with van der Waals surface area (Å²) in [5, 5.41) is 15.2. The minimum Gasteiger partial charge on any atom is -0.308 e. The number of thiophene rings is 1. The summed E-state index contributed by atoms with van der Waals surface area (Å²) < 4.78 is 2.13. The molecule has 4 nitrogen and oxygen atoms in total. The first kappa shape index (κ1) is 17.4. The smallest absolute Gasteiger partial charge is 0.191 e. The van der Waals surface area contributed by atoms with E-state index in [4.69, 9.17) is 4.98 Å². The van der Waals surface area contributed by atoms with E-state index in [1.807, 2.05) is 12.4 Å². The van der Waals surface area contributed by atoms with Crippen LogP contribution in [0.3, 0.4) is 0 Å². The molecule has 0 amide bonds. The van der Waals surface area contributed by atoms with Crippen LogP contribution in [0, 0.1) is 0 Å². The highest BCUT2D eigenvalue weighted by Gasteiger charge is 2.11. The Hall–Kier alpha value is -2.70. The molecule has 3 heterocycles. The maximum atomic E-state index is 4.94. The highest BCUT2D eigenvalue weighted by atomic mass is 32.2. The SMILES string of the molecule is c1csc(CCn2cnnc2SCc2nc3ccccc3c3ccccc23)c1. The molecule has 5 aromatic rings. The number of pyridine rings is 1. The fourth-order valence-corrected chi connectivity index (χ4v) is 5.01. The van der Waals surface area contributed by atoms with Gasteiger partial charge in [-0.15, -0.1) is 21.5 Å². The maximum absolute atomic E-state index is 4.94. The monoisotopic (exact) mass is 402 g/mol. The Morgan fingerprint density at radius 2 is 1.71 bits per heavy atom. The fourth-order valence-electron chi connectivity index (χ4n) is 3.41. The first-order chi connectivity index (χ1) is 13.9. The summed E-state index contributed by atoms with van der Waals surface area (Å²) in [5.74, 6) is 0.767. The normalized spacial score (nSPS) is 11.4. The lowest BCUT2D eigenvalue weighted by atomic mass is 10.0. The molecular weight excluding hydrogens is 384 g/mol. The molecule has 0 N–H and O–H groups in total. The zero-order chi connectivity index (χ0) is 18.8. The molecule has 0 aliphatic rings. The molecule has 0 atom stereocenters. The summed E-state index contributed by atoms with van der Waals surface area (Å²) in [6, 6.07) is 21.1. The standard InChI is InChI=1S/C22H18N4S2/c1-2-9-19-17(7-1)18-8-3-4-10-20(18)24-21(19)14-28-22-25-23-15-26(22)12-11-16-6-5-13-27-16/h1-10,13,15H,11-12,14H2. The molecule has 5 rings (SSSR count). The number of para-hydroxylation sites is 1. The molecule has 0 bridgehead atoms. The average Bonchev–Trinajstić information content (AvgIpc) is 3.42. The van der Waals surface area contributed by atoms with Crippen molar-refractivity contribution in [3.05, 3.63) is 82.9 Å². The zero-order valence-electron chi connectivity index (χ0n) is 15.2. The van der Waals surface area contributed by atoms with Gasteiger partial charge in [0.25, 0.3) is 0 Å². The van der Waals surface area contributed by atoms with Gasteiger partial charge in [0, 0.05) is 27.9 Å². The molecule has 0 radical (unpaired) electrons. The van der Waals surface area contributed by atoms with Crippen LogP contribution in [-0.4, -0.2) is 19.7 Å².